The third-order valence-corrected chi connectivity index (χ3v) is 4.93. The summed E-state index contributed by atoms with van der Waals surface area (Å²) in [7, 11) is 0. The fourth-order valence-corrected chi connectivity index (χ4v) is 3.28. The van der Waals surface area contributed by atoms with Crippen molar-refractivity contribution in [3.8, 4) is 0 Å². The molecule has 0 spiro atoms. The topological polar surface area (TPSA) is 40.6 Å². The minimum Gasteiger partial charge on any atom is -0.339 e. The fourth-order valence-electron chi connectivity index (χ4n) is 3.28. The average Bonchev–Trinajstić information content (AvgIpc) is 2.67. The molecule has 1 heterocycles. The molecular weight excluding hydrogens is 324 g/mol. The Bertz CT molecular complexity index is 775. The van der Waals surface area contributed by atoms with E-state index in [2.05, 4.69) is 31.2 Å². The average molecular weight is 350 g/mol. The van der Waals surface area contributed by atoms with Crippen LogP contribution in [-0.2, 0) is 11.2 Å². The summed E-state index contributed by atoms with van der Waals surface area (Å²) in [6, 6.07) is 16.0. The maximum Gasteiger partial charge on any atom is 0.253 e. The highest BCUT2D eigenvalue weighted by molar-refractivity contribution is 5.94. The van der Waals surface area contributed by atoms with Gasteiger partial charge in [0.25, 0.3) is 5.91 Å². The molecule has 2 amide bonds. The van der Waals surface area contributed by atoms with E-state index in [1.165, 1.54) is 11.1 Å². The molecule has 1 fully saturated rings. The van der Waals surface area contributed by atoms with E-state index in [4.69, 9.17) is 0 Å². The zero-order chi connectivity index (χ0) is 18.5. The minimum atomic E-state index is 0.0560. The molecule has 0 unspecified atom stereocenters. The van der Waals surface area contributed by atoms with E-state index >= 15 is 0 Å². The van der Waals surface area contributed by atoms with Crippen LogP contribution in [0.1, 0.15) is 33.5 Å². The van der Waals surface area contributed by atoms with Gasteiger partial charge in [-0.15, -0.1) is 0 Å². The van der Waals surface area contributed by atoms with Crippen LogP contribution in [-0.4, -0.2) is 47.8 Å². The molecule has 0 N–H and O–H groups in total. The number of piperazine rings is 1. The molecule has 1 aliphatic heterocycles. The normalized spacial score (nSPS) is 14.4. The molecule has 2 aromatic carbocycles. The van der Waals surface area contributed by atoms with Crippen LogP contribution in [0, 0.1) is 13.8 Å². The van der Waals surface area contributed by atoms with E-state index in [-0.39, 0.29) is 11.8 Å². The summed E-state index contributed by atoms with van der Waals surface area (Å²) in [4.78, 5) is 28.8. The number of nitrogens with zero attached hydrogens (tertiary/aromatic N) is 2. The zero-order valence-electron chi connectivity index (χ0n) is 15.6. The summed E-state index contributed by atoms with van der Waals surface area (Å²) in [6.45, 7) is 6.48. The summed E-state index contributed by atoms with van der Waals surface area (Å²) < 4.78 is 0. The van der Waals surface area contributed by atoms with Gasteiger partial charge < -0.3 is 9.80 Å². The predicted molar refractivity (Wildman–Crippen MR) is 103 cm³/mol. The van der Waals surface area contributed by atoms with Gasteiger partial charge in [-0.05, 0) is 38.0 Å². The van der Waals surface area contributed by atoms with Gasteiger partial charge in [0.15, 0.2) is 0 Å². The lowest BCUT2D eigenvalue weighted by atomic mass is 10.1. The van der Waals surface area contributed by atoms with Crippen molar-refractivity contribution >= 4 is 11.8 Å². The first kappa shape index (κ1) is 18.2. The summed E-state index contributed by atoms with van der Waals surface area (Å²) >= 11 is 0. The van der Waals surface area contributed by atoms with Gasteiger partial charge in [0.05, 0.1) is 0 Å². The summed E-state index contributed by atoms with van der Waals surface area (Å²) in [5, 5.41) is 0. The lowest BCUT2D eigenvalue weighted by Gasteiger charge is -2.35. The van der Waals surface area contributed by atoms with E-state index in [1.54, 1.807) is 0 Å². The van der Waals surface area contributed by atoms with Crippen LogP contribution >= 0.6 is 0 Å². The number of rotatable bonds is 4. The molecule has 1 aliphatic rings. The first-order chi connectivity index (χ1) is 12.5. The van der Waals surface area contributed by atoms with E-state index in [9.17, 15) is 9.59 Å². The van der Waals surface area contributed by atoms with E-state index in [0.29, 0.717) is 32.6 Å². The van der Waals surface area contributed by atoms with Gasteiger partial charge in [0, 0.05) is 38.2 Å². The molecule has 136 valence electrons. The zero-order valence-corrected chi connectivity index (χ0v) is 15.6. The van der Waals surface area contributed by atoms with Gasteiger partial charge in [0.2, 0.25) is 5.91 Å². The lowest BCUT2D eigenvalue weighted by Crippen LogP contribution is -2.50. The number of benzene rings is 2. The van der Waals surface area contributed by atoms with Gasteiger partial charge in [0.1, 0.15) is 0 Å². The molecular formula is C22H26N2O2. The monoisotopic (exact) mass is 350 g/mol. The highest BCUT2D eigenvalue weighted by Gasteiger charge is 2.24. The Morgan fingerprint density at radius 2 is 1.50 bits per heavy atom. The quantitative estimate of drug-likeness (QED) is 0.849. The van der Waals surface area contributed by atoms with Gasteiger partial charge in [-0.25, -0.2) is 0 Å². The molecule has 1 saturated heterocycles. The Morgan fingerprint density at radius 3 is 2.15 bits per heavy atom. The maximum absolute atomic E-state index is 12.6. The second kappa shape index (κ2) is 8.17. The third-order valence-electron chi connectivity index (χ3n) is 4.93. The number of carbonyl (C=O) groups is 2. The van der Waals surface area contributed by atoms with Gasteiger partial charge in [-0.3, -0.25) is 9.59 Å². The lowest BCUT2D eigenvalue weighted by molar-refractivity contribution is -0.132. The predicted octanol–water partition coefficient (Wildman–Crippen LogP) is 3.22. The van der Waals surface area contributed by atoms with Gasteiger partial charge in [-0.2, -0.15) is 0 Å². The Balaban J connectivity index is 1.49. The Hall–Kier alpha value is -2.62. The van der Waals surface area contributed by atoms with Gasteiger partial charge in [-0.1, -0.05) is 47.5 Å². The number of hydrogen-bond donors (Lipinski definition) is 0. The van der Waals surface area contributed by atoms with E-state index in [1.807, 2.05) is 41.0 Å². The second-order valence-electron chi connectivity index (χ2n) is 7.03. The molecule has 2 aromatic rings. The molecule has 0 radical (unpaired) electrons. The van der Waals surface area contributed by atoms with Crippen LogP contribution in [0.15, 0.2) is 48.5 Å². The van der Waals surface area contributed by atoms with Crippen molar-refractivity contribution in [3.05, 3.63) is 70.8 Å². The second-order valence-corrected chi connectivity index (χ2v) is 7.03. The Morgan fingerprint density at radius 1 is 0.846 bits per heavy atom. The number of amides is 2. The molecule has 0 bridgehead atoms. The number of carbonyl (C=O) groups excluding carboxylic acids is 2. The Kier molecular flexibility index (Phi) is 5.71. The van der Waals surface area contributed by atoms with E-state index in [0.717, 1.165) is 17.5 Å². The molecule has 0 atom stereocenters. The van der Waals surface area contributed by atoms with Crippen LogP contribution in [0.4, 0.5) is 0 Å². The highest BCUT2D eigenvalue weighted by atomic mass is 16.2. The van der Waals surface area contributed by atoms with Crippen LogP contribution in [0.2, 0.25) is 0 Å². The SMILES string of the molecule is Cc1ccc(CCC(=O)N2CCN(C(=O)c3cccc(C)c3)CC2)cc1. The first-order valence-electron chi connectivity index (χ1n) is 9.22. The minimum absolute atomic E-state index is 0.0560. The first-order valence-corrected chi connectivity index (χ1v) is 9.22. The highest BCUT2D eigenvalue weighted by Crippen LogP contribution is 2.12. The van der Waals surface area contributed by atoms with Crippen LogP contribution in [0.5, 0.6) is 0 Å². The van der Waals surface area contributed by atoms with Crippen molar-refractivity contribution in [2.45, 2.75) is 26.7 Å². The summed E-state index contributed by atoms with van der Waals surface area (Å²) in [5.41, 5.74) is 4.23. The fraction of sp³-hybridized carbons (Fsp3) is 0.364. The molecule has 4 nitrogen and oxygen atoms in total. The third kappa shape index (κ3) is 4.51. The smallest absolute Gasteiger partial charge is 0.253 e. The largest absolute Gasteiger partial charge is 0.339 e. The molecule has 4 heteroatoms. The maximum atomic E-state index is 12.6. The summed E-state index contributed by atoms with van der Waals surface area (Å²) in [5.74, 6) is 0.230. The van der Waals surface area contributed by atoms with Crippen LogP contribution in [0.3, 0.4) is 0 Å². The van der Waals surface area contributed by atoms with Crippen molar-refractivity contribution in [1.82, 2.24) is 9.80 Å². The number of hydrogen-bond acceptors (Lipinski definition) is 2. The van der Waals surface area contributed by atoms with Crippen molar-refractivity contribution in [1.29, 1.82) is 0 Å². The summed E-state index contributed by atoms with van der Waals surface area (Å²) in [6.07, 6.45) is 1.29. The van der Waals surface area contributed by atoms with E-state index < -0.39 is 0 Å². The van der Waals surface area contributed by atoms with Gasteiger partial charge >= 0.3 is 0 Å². The number of aryl methyl sites for hydroxylation is 3. The van der Waals surface area contributed by atoms with Crippen molar-refractivity contribution in [2.75, 3.05) is 26.2 Å². The molecule has 0 aliphatic carbocycles. The van der Waals surface area contributed by atoms with Crippen molar-refractivity contribution in [2.24, 2.45) is 0 Å². The van der Waals surface area contributed by atoms with Crippen molar-refractivity contribution < 1.29 is 9.59 Å². The van der Waals surface area contributed by atoms with Crippen molar-refractivity contribution in [3.63, 3.8) is 0 Å². The van der Waals surface area contributed by atoms with Crippen LogP contribution < -0.4 is 0 Å². The molecule has 0 aromatic heterocycles. The Labute approximate surface area is 155 Å². The standard InChI is InChI=1S/C22H26N2O2/c1-17-6-8-19(9-7-17)10-11-21(25)23-12-14-24(15-13-23)22(26)20-5-3-4-18(2)16-20/h3-9,16H,10-15H2,1-2H3. The molecule has 0 saturated carbocycles. The molecule has 26 heavy (non-hydrogen) atoms. The van der Waals surface area contributed by atoms with Crippen LogP contribution in [0.25, 0.3) is 0 Å². The molecule has 3 rings (SSSR count).